The first-order chi connectivity index (χ1) is 23.6. The second kappa shape index (κ2) is 12.7. The summed E-state index contributed by atoms with van der Waals surface area (Å²) in [6, 6.07) is 15.2. The SMILES string of the molecule is C=C(Nc1cccc(-c2cccc(NC(=O)c3nc4c(n3C)CCN(C)C4)c2C)c1C)c1cc2c(cn1)CN(c1ccnc(OC)c1F)O2. The Kier molecular flexibility index (Phi) is 8.25. The van der Waals surface area contributed by atoms with Crippen LogP contribution in [-0.2, 0) is 26.6 Å². The van der Waals surface area contributed by atoms with Crippen molar-refractivity contribution in [1.82, 2.24) is 24.4 Å². The van der Waals surface area contributed by atoms with E-state index in [1.807, 2.05) is 55.8 Å². The van der Waals surface area contributed by atoms with Crippen molar-refractivity contribution in [3.8, 4) is 22.8 Å². The number of aromatic nitrogens is 4. The highest BCUT2D eigenvalue weighted by molar-refractivity contribution is 6.03. The molecule has 0 atom stereocenters. The molecule has 0 unspecified atom stereocenters. The number of anilines is 3. The first kappa shape index (κ1) is 31.8. The van der Waals surface area contributed by atoms with E-state index in [2.05, 4.69) is 50.2 Å². The third kappa shape index (κ3) is 5.84. The van der Waals surface area contributed by atoms with Crippen LogP contribution in [0.1, 0.15) is 44.4 Å². The minimum absolute atomic E-state index is 0.103. The van der Waals surface area contributed by atoms with Gasteiger partial charge in [-0.2, -0.15) is 4.39 Å². The number of hydrogen-bond acceptors (Lipinski definition) is 9. The summed E-state index contributed by atoms with van der Waals surface area (Å²) in [5.41, 5.74) is 9.79. The predicted molar refractivity (Wildman–Crippen MR) is 187 cm³/mol. The van der Waals surface area contributed by atoms with E-state index < -0.39 is 5.82 Å². The molecule has 0 radical (unpaired) electrons. The van der Waals surface area contributed by atoms with E-state index in [9.17, 15) is 9.18 Å². The van der Waals surface area contributed by atoms with E-state index >= 15 is 0 Å². The van der Waals surface area contributed by atoms with E-state index in [0.29, 0.717) is 29.5 Å². The van der Waals surface area contributed by atoms with Crippen molar-refractivity contribution in [2.24, 2.45) is 7.05 Å². The van der Waals surface area contributed by atoms with Crippen LogP contribution in [-0.4, -0.2) is 51.0 Å². The van der Waals surface area contributed by atoms with Gasteiger partial charge in [0.2, 0.25) is 5.82 Å². The van der Waals surface area contributed by atoms with Gasteiger partial charge in [-0.05, 0) is 61.3 Å². The number of hydroxylamine groups is 1. The Balaban J connectivity index is 1.08. The predicted octanol–water partition coefficient (Wildman–Crippen LogP) is 6.28. The molecule has 12 heteroatoms. The second-order valence-electron chi connectivity index (χ2n) is 12.3. The number of rotatable bonds is 8. The monoisotopic (exact) mass is 660 g/mol. The Morgan fingerprint density at radius 2 is 1.71 bits per heavy atom. The fraction of sp³-hybridized carbons (Fsp3) is 0.243. The molecule has 0 saturated heterocycles. The third-order valence-electron chi connectivity index (χ3n) is 9.22. The topological polar surface area (TPSA) is 110 Å². The van der Waals surface area contributed by atoms with Crippen LogP contribution >= 0.6 is 0 Å². The zero-order valence-electron chi connectivity index (χ0n) is 28.1. The third-order valence-corrected chi connectivity index (χ3v) is 9.22. The van der Waals surface area contributed by atoms with Crippen LogP contribution in [0.4, 0.5) is 21.5 Å². The molecule has 11 nitrogen and oxygen atoms in total. The molecule has 2 aromatic carbocycles. The maximum atomic E-state index is 14.9. The van der Waals surface area contributed by atoms with Crippen molar-refractivity contribution in [3.05, 3.63) is 113 Å². The fourth-order valence-corrected chi connectivity index (χ4v) is 6.42. The summed E-state index contributed by atoms with van der Waals surface area (Å²) in [5.74, 6) is 0.0294. The van der Waals surface area contributed by atoms with Gasteiger partial charge in [0.1, 0.15) is 5.69 Å². The van der Waals surface area contributed by atoms with E-state index in [-0.39, 0.29) is 17.5 Å². The zero-order valence-corrected chi connectivity index (χ0v) is 28.1. The highest BCUT2D eigenvalue weighted by atomic mass is 19.1. The van der Waals surface area contributed by atoms with Gasteiger partial charge in [-0.1, -0.05) is 30.8 Å². The summed E-state index contributed by atoms with van der Waals surface area (Å²) in [5, 5.41) is 7.97. The first-order valence-electron chi connectivity index (χ1n) is 16.0. The van der Waals surface area contributed by atoms with E-state index in [1.165, 1.54) is 24.4 Å². The Morgan fingerprint density at radius 3 is 2.43 bits per heavy atom. The lowest BCUT2D eigenvalue weighted by Crippen LogP contribution is -2.27. The Hall–Kier alpha value is -5.75. The molecule has 3 aromatic heterocycles. The summed E-state index contributed by atoms with van der Waals surface area (Å²) in [4.78, 5) is 34.8. The van der Waals surface area contributed by atoms with Crippen LogP contribution in [0.5, 0.6) is 11.6 Å². The average Bonchev–Trinajstić information content (AvgIpc) is 3.67. The Bertz CT molecular complexity index is 2130. The molecular formula is C37H37FN8O3. The number of amides is 1. The number of carbonyl (C=O) groups excluding carboxylic acids is 1. The second-order valence-corrected chi connectivity index (χ2v) is 12.3. The number of methoxy groups -OCH3 is 1. The van der Waals surface area contributed by atoms with Gasteiger partial charge in [-0.15, -0.1) is 0 Å². The van der Waals surface area contributed by atoms with Crippen molar-refractivity contribution in [2.75, 3.05) is 36.4 Å². The quantitative estimate of drug-likeness (QED) is 0.199. The summed E-state index contributed by atoms with van der Waals surface area (Å²) in [7, 11) is 5.34. The number of nitrogens with zero attached hydrogens (tertiary/aromatic N) is 6. The molecule has 0 spiro atoms. The number of halogens is 1. The molecular weight excluding hydrogens is 623 g/mol. The average molecular weight is 661 g/mol. The molecule has 7 rings (SSSR count). The number of hydrogen-bond donors (Lipinski definition) is 2. The number of likely N-dealkylation sites (N-methyl/N-ethyl adjacent to an activating group) is 1. The van der Waals surface area contributed by atoms with Crippen LogP contribution in [0.25, 0.3) is 16.8 Å². The standard InChI is InChI=1S/C37H37FN8O3/c1-21-25(26-10-8-12-28(22(26)2)43-36(47)35-42-30-20-44(4)16-14-31(30)45(35)5)9-7-11-27(21)41-23(3)29-17-33-24(18-40-29)19-46(49-33)32-13-15-39-37(48-6)34(32)38/h7-13,15,17-18,41H,3,14,16,19-20H2,1-2,4-6H3,(H,43,47). The Morgan fingerprint density at radius 1 is 1.00 bits per heavy atom. The van der Waals surface area contributed by atoms with Gasteiger partial charge in [-0.3, -0.25) is 9.78 Å². The van der Waals surface area contributed by atoms with Gasteiger partial charge in [-0.25, -0.2) is 15.0 Å². The minimum Gasteiger partial charge on any atom is -0.479 e. The summed E-state index contributed by atoms with van der Waals surface area (Å²) in [6.07, 6.45) is 4.04. The maximum absolute atomic E-state index is 14.9. The number of ether oxygens (including phenoxy) is 1. The number of nitrogens with one attached hydrogen (secondary N) is 2. The summed E-state index contributed by atoms with van der Waals surface area (Å²) >= 11 is 0. The minimum atomic E-state index is -0.602. The molecule has 49 heavy (non-hydrogen) atoms. The molecule has 5 heterocycles. The lowest BCUT2D eigenvalue weighted by molar-refractivity contribution is 0.101. The van der Waals surface area contributed by atoms with E-state index in [4.69, 9.17) is 9.57 Å². The number of benzene rings is 2. The van der Waals surface area contributed by atoms with Crippen molar-refractivity contribution < 1.29 is 18.8 Å². The normalized spacial score (nSPS) is 13.8. The van der Waals surface area contributed by atoms with Gasteiger partial charge in [0.25, 0.3) is 11.8 Å². The summed E-state index contributed by atoms with van der Waals surface area (Å²) < 4.78 is 21.8. The maximum Gasteiger partial charge on any atom is 0.291 e. The molecule has 0 saturated carbocycles. The van der Waals surface area contributed by atoms with Crippen LogP contribution in [0.15, 0.2) is 67.5 Å². The lowest BCUT2D eigenvalue weighted by Gasteiger charge is -2.21. The van der Waals surface area contributed by atoms with Gasteiger partial charge in [0, 0.05) is 67.7 Å². The largest absolute Gasteiger partial charge is 0.479 e. The van der Waals surface area contributed by atoms with Gasteiger partial charge < -0.3 is 29.7 Å². The number of fused-ring (bicyclic) bond motifs is 2. The smallest absolute Gasteiger partial charge is 0.291 e. The van der Waals surface area contributed by atoms with Gasteiger partial charge in [0.15, 0.2) is 11.6 Å². The van der Waals surface area contributed by atoms with E-state index in [1.54, 1.807) is 12.3 Å². The van der Waals surface area contributed by atoms with Crippen LogP contribution in [0, 0.1) is 19.7 Å². The molecule has 0 fully saturated rings. The molecule has 1 amide bonds. The molecule has 0 aliphatic carbocycles. The number of carbonyl (C=O) groups is 1. The number of imidazole rings is 1. The molecule has 2 N–H and O–H groups in total. The molecule has 0 bridgehead atoms. The highest BCUT2D eigenvalue weighted by Gasteiger charge is 2.27. The highest BCUT2D eigenvalue weighted by Crippen LogP contribution is 2.37. The lowest BCUT2D eigenvalue weighted by atomic mass is 9.94. The van der Waals surface area contributed by atoms with Crippen LogP contribution in [0.2, 0.25) is 0 Å². The first-order valence-corrected chi connectivity index (χ1v) is 16.0. The molecule has 250 valence electrons. The van der Waals surface area contributed by atoms with Crippen molar-refractivity contribution in [3.63, 3.8) is 0 Å². The number of pyridine rings is 2. The molecule has 2 aliphatic rings. The van der Waals surface area contributed by atoms with Crippen LogP contribution in [0.3, 0.4) is 0 Å². The van der Waals surface area contributed by atoms with Gasteiger partial charge >= 0.3 is 0 Å². The molecule has 2 aliphatic heterocycles. The van der Waals surface area contributed by atoms with Crippen molar-refractivity contribution >= 4 is 28.7 Å². The molecule has 5 aromatic rings. The van der Waals surface area contributed by atoms with Gasteiger partial charge in [0.05, 0.1) is 30.7 Å². The summed E-state index contributed by atoms with van der Waals surface area (Å²) in [6.45, 7) is 10.3. The van der Waals surface area contributed by atoms with Crippen molar-refractivity contribution in [2.45, 2.75) is 33.4 Å². The zero-order chi connectivity index (χ0) is 34.4. The van der Waals surface area contributed by atoms with Crippen LogP contribution < -0.4 is 25.3 Å². The fourth-order valence-electron chi connectivity index (χ4n) is 6.42. The van der Waals surface area contributed by atoms with Crippen molar-refractivity contribution in [1.29, 1.82) is 0 Å². The van der Waals surface area contributed by atoms with E-state index in [0.717, 1.165) is 70.1 Å². The Labute approximate surface area is 284 Å².